The Hall–Kier alpha value is -2.91. The maximum atomic E-state index is 13.5. The van der Waals surface area contributed by atoms with Crippen molar-refractivity contribution in [2.75, 3.05) is 0 Å². The van der Waals surface area contributed by atoms with E-state index in [-0.39, 0.29) is 5.78 Å². The Morgan fingerprint density at radius 2 is 1.75 bits per heavy atom. The fourth-order valence-electron chi connectivity index (χ4n) is 4.41. The maximum Gasteiger partial charge on any atom is 0.199 e. The fourth-order valence-corrected chi connectivity index (χ4v) is 4.41. The highest BCUT2D eigenvalue weighted by Gasteiger charge is 2.47. The lowest BCUT2D eigenvalue weighted by Gasteiger charge is -2.41. The summed E-state index contributed by atoms with van der Waals surface area (Å²) in [6.45, 7) is 0.934. The standard InChI is InChI=1S/C25H22O3/c26-24-22-13-12-21(27-16-18-7-2-1-3-8-18)15-20(22)17-28-25(24)14-6-10-19-9-4-5-11-23(19)25/h1-5,7-9,11-13,15H,6,10,14,16-17H2. The highest BCUT2D eigenvalue weighted by molar-refractivity contribution is 6.05. The van der Waals surface area contributed by atoms with Crippen LogP contribution < -0.4 is 4.74 Å². The van der Waals surface area contributed by atoms with E-state index in [9.17, 15) is 4.79 Å². The van der Waals surface area contributed by atoms with Gasteiger partial charge in [-0.1, -0.05) is 54.6 Å². The van der Waals surface area contributed by atoms with Gasteiger partial charge in [-0.2, -0.15) is 0 Å². The van der Waals surface area contributed by atoms with E-state index in [0.29, 0.717) is 13.2 Å². The second-order valence-corrected chi connectivity index (χ2v) is 7.55. The first-order valence-electron chi connectivity index (χ1n) is 9.83. The van der Waals surface area contributed by atoms with Crippen molar-refractivity contribution in [2.45, 2.75) is 38.1 Å². The third-order valence-electron chi connectivity index (χ3n) is 5.84. The summed E-state index contributed by atoms with van der Waals surface area (Å²) < 4.78 is 12.2. The van der Waals surface area contributed by atoms with E-state index >= 15 is 0 Å². The summed E-state index contributed by atoms with van der Waals surface area (Å²) in [5.41, 5.74) is 4.23. The Balaban J connectivity index is 1.43. The molecule has 0 N–H and O–H groups in total. The number of hydrogen-bond acceptors (Lipinski definition) is 3. The molecule has 1 aliphatic heterocycles. The third-order valence-corrected chi connectivity index (χ3v) is 5.84. The van der Waals surface area contributed by atoms with Crippen molar-refractivity contribution in [1.29, 1.82) is 0 Å². The molecule has 2 aliphatic rings. The van der Waals surface area contributed by atoms with Gasteiger partial charge in [0.2, 0.25) is 0 Å². The Morgan fingerprint density at radius 1 is 0.929 bits per heavy atom. The lowest BCUT2D eigenvalue weighted by atomic mass is 9.73. The third kappa shape index (κ3) is 2.83. The molecule has 3 nitrogen and oxygen atoms in total. The summed E-state index contributed by atoms with van der Waals surface area (Å²) in [6.07, 6.45) is 2.72. The summed E-state index contributed by atoms with van der Waals surface area (Å²) in [7, 11) is 0. The highest BCUT2D eigenvalue weighted by Crippen LogP contribution is 2.45. The molecular formula is C25H22O3. The summed E-state index contributed by atoms with van der Waals surface area (Å²) >= 11 is 0. The average molecular weight is 370 g/mol. The van der Waals surface area contributed by atoms with E-state index in [2.05, 4.69) is 12.1 Å². The van der Waals surface area contributed by atoms with E-state index in [1.165, 1.54) is 5.56 Å². The normalized spacial score (nSPS) is 20.5. The number of Topliss-reactive ketones (excluding diaryl/α,β-unsaturated/α-hetero) is 1. The van der Waals surface area contributed by atoms with Crippen molar-refractivity contribution in [3.05, 3.63) is 101 Å². The van der Waals surface area contributed by atoms with Crippen molar-refractivity contribution >= 4 is 5.78 Å². The summed E-state index contributed by atoms with van der Waals surface area (Å²) in [6, 6.07) is 24.0. The van der Waals surface area contributed by atoms with Gasteiger partial charge < -0.3 is 9.47 Å². The maximum absolute atomic E-state index is 13.5. The van der Waals surface area contributed by atoms with Gasteiger partial charge in [-0.05, 0) is 59.7 Å². The van der Waals surface area contributed by atoms with E-state index in [1.54, 1.807) is 0 Å². The van der Waals surface area contributed by atoms with Crippen LogP contribution in [0, 0.1) is 0 Å². The molecule has 1 unspecified atom stereocenters. The molecule has 1 atom stereocenters. The van der Waals surface area contributed by atoms with Crippen LogP contribution in [-0.2, 0) is 30.0 Å². The van der Waals surface area contributed by atoms with Crippen LogP contribution in [0.15, 0.2) is 72.8 Å². The molecule has 140 valence electrons. The first-order chi connectivity index (χ1) is 13.8. The largest absolute Gasteiger partial charge is 0.489 e. The molecule has 0 saturated heterocycles. The van der Waals surface area contributed by atoms with Gasteiger partial charge in [-0.3, -0.25) is 4.79 Å². The van der Waals surface area contributed by atoms with Crippen molar-refractivity contribution in [1.82, 2.24) is 0 Å². The van der Waals surface area contributed by atoms with Crippen LogP contribution in [0.4, 0.5) is 0 Å². The number of carbonyl (C=O) groups excluding carboxylic acids is 1. The van der Waals surface area contributed by atoms with Crippen molar-refractivity contribution in [3.8, 4) is 5.75 Å². The number of hydrogen-bond donors (Lipinski definition) is 0. The second-order valence-electron chi connectivity index (χ2n) is 7.55. The lowest BCUT2D eigenvalue weighted by molar-refractivity contribution is -0.0561. The molecule has 1 heterocycles. The van der Waals surface area contributed by atoms with Crippen molar-refractivity contribution < 1.29 is 14.3 Å². The van der Waals surface area contributed by atoms with Crippen LogP contribution >= 0.6 is 0 Å². The zero-order valence-corrected chi connectivity index (χ0v) is 15.7. The first kappa shape index (κ1) is 17.2. The van der Waals surface area contributed by atoms with E-state index in [1.807, 2.05) is 60.7 Å². The smallest absolute Gasteiger partial charge is 0.199 e. The molecular weight excluding hydrogens is 348 g/mol. The molecule has 1 aliphatic carbocycles. The van der Waals surface area contributed by atoms with Gasteiger partial charge in [0.15, 0.2) is 11.4 Å². The van der Waals surface area contributed by atoms with Gasteiger partial charge in [0, 0.05) is 5.56 Å². The minimum Gasteiger partial charge on any atom is -0.489 e. The van der Waals surface area contributed by atoms with Crippen molar-refractivity contribution in [2.24, 2.45) is 0 Å². The van der Waals surface area contributed by atoms with Gasteiger partial charge in [-0.15, -0.1) is 0 Å². The van der Waals surface area contributed by atoms with Gasteiger partial charge in [-0.25, -0.2) is 0 Å². The number of rotatable bonds is 3. The monoisotopic (exact) mass is 370 g/mol. The minimum absolute atomic E-state index is 0.0792. The number of ketones is 1. The fraction of sp³-hybridized carbons (Fsp3) is 0.240. The molecule has 3 aromatic carbocycles. The Morgan fingerprint density at radius 3 is 2.64 bits per heavy atom. The molecule has 3 aromatic rings. The van der Waals surface area contributed by atoms with E-state index < -0.39 is 5.60 Å². The molecule has 5 rings (SSSR count). The second kappa shape index (κ2) is 6.92. The van der Waals surface area contributed by atoms with Crippen molar-refractivity contribution in [3.63, 3.8) is 0 Å². The molecule has 1 spiro atoms. The quantitative estimate of drug-likeness (QED) is 0.635. The molecule has 3 heteroatoms. The molecule has 0 radical (unpaired) electrons. The number of ether oxygens (including phenoxy) is 2. The first-order valence-corrected chi connectivity index (χ1v) is 9.83. The Labute approximate surface area is 164 Å². The zero-order chi connectivity index (χ0) is 19.0. The van der Waals surface area contributed by atoms with E-state index in [0.717, 1.165) is 47.3 Å². The number of fused-ring (bicyclic) bond motifs is 3. The Kier molecular flexibility index (Phi) is 4.25. The van der Waals surface area contributed by atoms with Gasteiger partial charge in [0.1, 0.15) is 12.4 Å². The van der Waals surface area contributed by atoms with Crippen LogP contribution in [0.1, 0.15) is 45.5 Å². The zero-order valence-electron chi connectivity index (χ0n) is 15.7. The molecule has 0 bridgehead atoms. The topological polar surface area (TPSA) is 35.5 Å². The summed E-state index contributed by atoms with van der Waals surface area (Å²) in [5.74, 6) is 0.842. The lowest BCUT2D eigenvalue weighted by Crippen LogP contribution is -2.44. The minimum atomic E-state index is -0.825. The summed E-state index contributed by atoms with van der Waals surface area (Å²) in [4.78, 5) is 13.5. The molecule has 0 amide bonds. The Bertz CT molecular complexity index is 1020. The predicted octanol–water partition coefficient (Wildman–Crippen LogP) is 5.21. The van der Waals surface area contributed by atoms with Crippen LogP contribution in [0.3, 0.4) is 0 Å². The van der Waals surface area contributed by atoms with E-state index in [4.69, 9.17) is 9.47 Å². The number of benzene rings is 3. The average Bonchev–Trinajstić information content (AvgIpc) is 2.76. The summed E-state index contributed by atoms with van der Waals surface area (Å²) in [5, 5.41) is 0. The molecule has 0 saturated carbocycles. The van der Waals surface area contributed by atoms with Crippen LogP contribution in [0.25, 0.3) is 0 Å². The molecule has 0 fully saturated rings. The molecule has 28 heavy (non-hydrogen) atoms. The van der Waals surface area contributed by atoms with Gasteiger partial charge in [0.05, 0.1) is 6.61 Å². The number of aryl methyl sites for hydroxylation is 1. The van der Waals surface area contributed by atoms with Crippen LogP contribution in [0.5, 0.6) is 5.75 Å². The van der Waals surface area contributed by atoms with Gasteiger partial charge >= 0.3 is 0 Å². The highest BCUT2D eigenvalue weighted by atomic mass is 16.5. The number of carbonyl (C=O) groups is 1. The van der Waals surface area contributed by atoms with Crippen LogP contribution in [-0.4, -0.2) is 5.78 Å². The predicted molar refractivity (Wildman–Crippen MR) is 107 cm³/mol. The molecule has 0 aromatic heterocycles. The van der Waals surface area contributed by atoms with Crippen LogP contribution in [0.2, 0.25) is 0 Å². The SMILES string of the molecule is O=C1c2ccc(OCc3ccccc3)cc2COC12CCCc1ccccc12. The van der Waals surface area contributed by atoms with Gasteiger partial charge in [0.25, 0.3) is 0 Å².